The minimum Gasteiger partial charge on any atom is -0.493 e. The molecule has 0 N–H and O–H groups in total. The standard InChI is InChI=1S/C21H21O3P/c1-23-20-14-13-17(15-21(20)24-2)16-25(22,18-9-5-3-6-10-18)19-11-7-4-8-12-19/h3-15H,16H2,1-2H3. The molecule has 25 heavy (non-hydrogen) atoms. The lowest BCUT2D eigenvalue weighted by atomic mass is 10.2. The third-order valence-electron chi connectivity index (χ3n) is 4.20. The van der Waals surface area contributed by atoms with Crippen molar-refractivity contribution >= 4 is 17.8 Å². The van der Waals surface area contributed by atoms with Gasteiger partial charge in [-0.05, 0) is 17.7 Å². The SMILES string of the molecule is COc1ccc(CP(=O)(c2ccccc2)c2ccccc2)cc1OC. The quantitative estimate of drug-likeness (QED) is 0.623. The fourth-order valence-corrected chi connectivity index (χ4v) is 5.59. The maximum absolute atomic E-state index is 14.1. The molecule has 0 saturated carbocycles. The molecular weight excluding hydrogens is 331 g/mol. The maximum Gasteiger partial charge on any atom is 0.161 e. The van der Waals surface area contributed by atoms with Gasteiger partial charge in [0.2, 0.25) is 0 Å². The molecule has 0 aromatic heterocycles. The molecule has 0 fully saturated rings. The van der Waals surface area contributed by atoms with Gasteiger partial charge in [0.1, 0.15) is 7.14 Å². The smallest absolute Gasteiger partial charge is 0.161 e. The third-order valence-corrected chi connectivity index (χ3v) is 7.27. The number of methoxy groups -OCH3 is 2. The molecule has 0 bridgehead atoms. The zero-order chi connectivity index (χ0) is 17.7. The van der Waals surface area contributed by atoms with Crippen molar-refractivity contribution in [2.24, 2.45) is 0 Å². The van der Waals surface area contributed by atoms with Crippen molar-refractivity contribution in [3.8, 4) is 11.5 Å². The first-order valence-corrected chi connectivity index (χ1v) is 9.98. The van der Waals surface area contributed by atoms with Crippen LogP contribution in [0.3, 0.4) is 0 Å². The predicted molar refractivity (Wildman–Crippen MR) is 103 cm³/mol. The molecule has 0 saturated heterocycles. The van der Waals surface area contributed by atoms with Crippen molar-refractivity contribution in [2.75, 3.05) is 14.2 Å². The number of ether oxygens (including phenoxy) is 2. The fraction of sp³-hybridized carbons (Fsp3) is 0.143. The van der Waals surface area contributed by atoms with Crippen LogP contribution >= 0.6 is 7.14 Å². The van der Waals surface area contributed by atoms with Crippen molar-refractivity contribution in [1.82, 2.24) is 0 Å². The summed E-state index contributed by atoms with van der Waals surface area (Å²) in [4.78, 5) is 0. The summed E-state index contributed by atoms with van der Waals surface area (Å²) in [5.41, 5.74) is 0.952. The molecule has 3 aromatic rings. The Bertz CT molecular complexity index is 833. The highest BCUT2D eigenvalue weighted by Gasteiger charge is 2.27. The number of rotatable bonds is 6. The molecule has 0 radical (unpaired) electrons. The number of benzene rings is 3. The van der Waals surface area contributed by atoms with Crippen LogP contribution in [-0.4, -0.2) is 14.2 Å². The Morgan fingerprint density at radius 1 is 0.720 bits per heavy atom. The lowest BCUT2D eigenvalue weighted by molar-refractivity contribution is 0.354. The highest BCUT2D eigenvalue weighted by molar-refractivity contribution is 7.78. The monoisotopic (exact) mass is 352 g/mol. The fourth-order valence-electron chi connectivity index (χ4n) is 2.91. The largest absolute Gasteiger partial charge is 0.493 e. The first kappa shape index (κ1) is 17.3. The minimum absolute atomic E-state index is 0.432. The van der Waals surface area contributed by atoms with Crippen molar-refractivity contribution in [3.05, 3.63) is 84.4 Å². The van der Waals surface area contributed by atoms with E-state index in [9.17, 15) is 4.57 Å². The van der Waals surface area contributed by atoms with Crippen LogP contribution < -0.4 is 20.1 Å². The van der Waals surface area contributed by atoms with E-state index < -0.39 is 7.14 Å². The number of hydrogen-bond acceptors (Lipinski definition) is 3. The second-order valence-corrected chi connectivity index (χ2v) is 8.59. The third kappa shape index (κ3) is 3.62. The van der Waals surface area contributed by atoms with Gasteiger partial charge in [0.05, 0.1) is 14.2 Å². The maximum atomic E-state index is 14.1. The molecule has 0 aliphatic carbocycles. The predicted octanol–water partition coefficient (Wildman–Crippen LogP) is 4.22. The Balaban J connectivity index is 2.07. The Labute approximate surface area is 148 Å². The highest BCUT2D eigenvalue weighted by atomic mass is 31.2. The van der Waals surface area contributed by atoms with Gasteiger partial charge in [-0.3, -0.25) is 0 Å². The topological polar surface area (TPSA) is 35.5 Å². The molecule has 3 nitrogen and oxygen atoms in total. The summed E-state index contributed by atoms with van der Waals surface area (Å²) in [5, 5.41) is 1.71. The van der Waals surface area contributed by atoms with Gasteiger partial charge >= 0.3 is 0 Å². The molecule has 0 unspecified atom stereocenters. The van der Waals surface area contributed by atoms with E-state index >= 15 is 0 Å². The van der Waals surface area contributed by atoms with Gasteiger partial charge in [-0.25, -0.2) is 0 Å². The number of hydrogen-bond donors (Lipinski definition) is 0. The summed E-state index contributed by atoms with van der Waals surface area (Å²) in [6, 6.07) is 25.1. The van der Waals surface area contributed by atoms with Gasteiger partial charge in [0.25, 0.3) is 0 Å². The van der Waals surface area contributed by atoms with Crippen LogP contribution in [0.15, 0.2) is 78.9 Å². The van der Waals surface area contributed by atoms with Gasteiger partial charge in [0, 0.05) is 16.8 Å². The summed E-state index contributed by atoms with van der Waals surface area (Å²) in [7, 11) is 0.418. The van der Waals surface area contributed by atoms with Crippen LogP contribution in [-0.2, 0) is 10.7 Å². The first-order valence-electron chi connectivity index (χ1n) is 8.08. The minimum atomic E-state index is -2.80. The zero-order valence-electron chi connectivity index (χ0n) is 14.4. The molecule has 0 aliphatic rings. The average molecular weight is 352 g/mol. The van der Waals surface area contributed by atoms with Gasteiger partial charge in [0.15, 0.2) is 11.5 Å². The summed E-state index contributed by atoms with van der Waals surface area (Å²) in [5.74, 6) is 1.31. The van der Waals surface area contributed by atoms with Crippen LogP contribution in [0.4, 0.5) is 0 Å². The second kappa shape index (κ2) is 7.58. The van der Waals surface area contributed by atoms with Crippen LogP contribution in [0.1, 0.15) is 5.56 Å². The van der Waals surface area contributed by atoms with Crippen molar-refractivity contribution < 1.29 is 14.0 Å². The highest BCUT2D eigenvalue weighted by Crippen LogP contribution is 2.47. The summed E-state index contributed by atoms with van der Waals surface area (Å²) >= 11 is 0. The zero-order valence-corrected chi connectivity index (χ0v) is 15.3. The lowest BCUT2D eigenvalue weighted by Gasteiger charge is -2.20. The molecule has 4 heteroatoms. The van der Waals surface area contributed by atoms with Gasteiger partial charge < -0.3 is 14.0 Å². The second-order valence-electron chi connectivity index (χ2n) is 5.76. The van der Waals surface area contributed by atoms with E-state index in [1.54, 1.807) is 14.2 Å². The van der Waals surface area contributed by atoms with Crippen molar-refractivity contribution in [2.45, 2.75) is 6.16 Å². The Morgan fingerprint density at radius 3 is 1.72 bits per heavy atom. The molecule has 0 spiro atoms. The average Bonchev–Trinajstić information content (AvgIpc) is 2.69. The first-order chi connectivity index (χ1) is 12.2. The molecule has 128 valence electrons. The van der Waals surface area contributed by atoms with Crippen LogP contribution in [0.5, 0.6) is 11.5 Å². The summed E-state index contributed by atoms with van der Waals surface area (Å²) < 4.78 is 24.8. The van der Waals surface area contributed by atoms with Crippen molar-refractivity contribution in [3.63, 3.8) is 0 Å². The Morgan fingerprint density at radius 2 is 1.24 bits per heavy atom. The van der Waals surface area contributed by atoms with Gasteiger partial charge in [-0.2, -0.15) is 0 Å². The van der Waals surface area contributed by atoms with E-state index in [-0.39, 0.29) is 0 Å². The van der Waals surface area contributed by atoms with E-state index in [2.05, 4.69) is 0 Å². The molecule has 0 amide bonds. The van der Waals surface area contributed by atoms with E-state index in [0.29, 0.717) is 17.7 Å². The van der Waals surface area contributed by atoms with Crippen LogP contribution in [0.2, 0.25) is 0 Å². The van der Waals surface area contributed by atoms with Gasteiger partial charge in [-0.15, -0.1) is 0 Å². The van der Waals surface area contributed by atoms with Crippen LogP contribution in [0, 0.1) is 0 Å². The van der Waals surface area contributed by atoms with E-state index in [0.717, 1.165) is 16.2 Å². The normalized spacial score (nSPS) is 11.1. The molecule has 0 atom stereocenters. The van der Waals surface area contributed by atoms with Crippen LogP contribution in [0.25, 0.3) is 0 Å². The van der Waals surface area contributed by atoms with E-state index in [4.69, 9.17) is 9.47 Å². The van der Waals surface area contributed by atoms with Gasteiger partial charge in [-0.1, -0.05) is 66.7 Å². The summed E-state index contributed by atoms with van der Waals surface area (Å²) in [6.07, 6.45) is 0.432. The molecule has 0 heterocycles. The molecule has 0 aliphatic heterocycles. The summed E-state index contributed by atoms with van der Waals surface area (Å²) in [6.45, 7) is 0. The lowest BCUT2D eigenvalue weighted by Crippen LogP contribution is -2.17. The molecular formula is C21H21O3P. The Kier molecular flexibility index (Phi) is 5.25. The van der Waals surface area contributed by atoms with Crippen molar-refractivity contribution in [1.29, 1.82) is 0 Å². The molecule has 3 aromatic carbocycles. The molecule has 3 rings (SSSR count). The Hall–Kier alpha value is -2.51. The van der Waals surface area contributed by atoms with E-state index in [1.807, 2.05) is 78.9 Å². The van der Waals surface area contributed by atoms with E-state index in [1.165, 1.54) is 0 Å².